The van der Waals surface area contributed by atoms with E-state index in [4.69, 9.17) is 13.9 Å². The second-order valence-electron chi connectivity index (χ2n) is 7.42. The van der Waals surface area contributed by atoms with Crippen molar-refractivity contribution in [2.45, 2.75) is 45.8 Å². The molecule has 0 fully saturated rings. The highest BCUT2D eigenvalue weighted by Crippen LogP contribution is 2.28. The second-order valence-corrected chi connectivity index (χ2v) is 7.42. The molecule has 0 radical (unpaired) electrons. The number of hydrogen-bond donors (Lipinski definition) is 1. The van der Waals surface area contributed by atoms with E-state index in [-0.39, 0.29) is 18.3 Å². The Hall–Kier alpha value is -3.12. The van der Waals surface area contributed by atoms with Crippen molar-refractivity contribution in [1.82, 2.24) is 0 Å². The molecule has 0 saturated heterocycles. The van der Waals surface area contributed by atoms with Crippen LogP contribution in [0, 0.1) is 0 Å². The van der Waals surface area contributed by atoms with Gasteiger partial charge in [0.2, 0.25) is 5.76 Å². The summed E-state index contributed by atoms with van der Waals surface area (Å²) >= 11 is 0. The second kappa shape index (κ2) is 8.71. The maximum absolute atomic E-state index is 12.8. The fourth-order valence-corrected chi connectivity index (χ4v) is 3.77. The maximum Gasteiger partial charge on any atom is 0.375 e. The maximum atomic E-state index is 12.8. The molecule has 2 aromatic carbocycles. The molecule has 0 bridgehead atoms. The van der Waals surface area contributed by atoms with Gasteiger partial charge in [-0.2, -0.15) is 0 Å². The zero-order chi connectivity index (χ0) is 21.1. The predicted octanol–water partition coefficient (Wildman–Crippen LogP) is 4.64. The highest BCUT2D eigenvalue weighted by atomic mass is 16.6. The number of furan rings is 1. The number of benzene rings is 2. The third-order valence-electron chi connectivity index (χ3n) is 5.35. The molecule has 1 heterocycles. The number of hydrogen-bond acceptors (Lipinski definition) is 5. The van der Waals surface area contributed by atoms with Gasteiger partial charge in [0, 0.05) is 23.2 Å². The van der Waals surface area contributed by atoms with Crippen molar-refractivity contribution in [1.29, 1.82) is 0 Å². The van der Waals surface area contributed by atoms with E-state index >= 15 is 0 Å². The molecular weight excluding hydrogens is 382 g/mol. The van der Waals surface area contributed by atoms with Crippen LogP contribution >= 0.6 is 0 Å². The first-order valence-electron chi connectivity index (χ1n) is 10.3. The van der Waals surface area contributed by atoms with Crippen molar-refractivity contribution < 1.29 is 23.5 Å². The van der Waals surface area contributed by atoms with Gasteiger partial charge in [-0.3, -0.25) is 4.79 Å². The number of amides is 1. The summed E-state index contributed by atoms with van der Waals surface area (Å²) in [7, 11) is 0. The van der Waals surface area contributed by atoms with Crippen molar-refractivity contribution in [3.05, 3.63) is 64.9 Å². The smallest absolute Gasteiger partial charge is 0.375 e. The van der Waals surface area contributed by atoms with Crippen LogP contribution in [0.1, 0.15) is 47.5 Å². The number of carbonyl (C=O) groups excluding carboxylic acids is 2. The Morgan fingerprint density at radius 1 is 1.13 bits per heavy atom. The largest absolute Gasteiger partial charge is 0.449 e. The summed E-state index contributed by atoms with van der Waals surface area (Å²) in [6, 6.07) is 13.3. The van der Waals surface area contributed by atoms with Gasteiger partial charge in [0.15, 0.2) is 6.10 Å². The van der Waals surface area contributed by atoms with E-state index in [2.05, 4.69) is 5.32 Å². The van der Waals surface area contributed by atoms with Crippen molar-refractivity contribution in [2.24, 2.45) is 0 Å². The van der Waals surface area contributed by atoms with Crippen LogP contribution in [0.2, 0.25) is 0 Å². The summed E-state index contributed by atoms with van der Waals surface area (Å²) in [6.07, 6.45) is 2.28. The molecule has 156 valence electrons. The Labute approximate surface area is 175 Å². The van der Waals surface area contributed by atoms with Gasteiger partial charge in [-0.1, -0.05) is 24.3 Å². The number of aryl methyl sites for hydroxylation is 2. The van der Waals surface area contributed by atoms with Gasteiger partial charge in [-0.25, -0.2) is 4.79 Å². The number of nitrogens with one attached hydrogen (secondary N) is 1. The molecule has 0 spiro atoms. The average Bonchev–Trinajstić information content (AvgIpc) is 3.36. The summed E-state index contributed by atoms with van der Waals surface area (Å²) in [5.74, 6) is -0.997. The molecule has 6 heteroatoms. The summed E-state index contributed by atoms with van der Waals surface area (Å²) in [5, 5.41) is 3.63. The van der Waals surface area contributed by atoms with Crippen LogP contribution in [-0.2, 0) is 33.7 Å². The average molecular weight is 407 g/mol. The lowest BCUT2D eigenvalue weighted by atomic mass is 10.1. The molecule has 0 aliphatic heterocycles. The molecule has 1 aromatic heterocycles. The molecule has 1 atom stereocenters. The van der Waals surface area contributed by atoms with Crippen LogP contribution < -0.4 is 5.32 Å². The lowest BCUT2D eigenvalue weighted by Gasteiger charge is -2.14. The summed E-state index contributed by atoms with van der Waals surface area (Å²) < 4.78 is 16.6. The minimum Gasteiger partial charge on any atom is -0.449 e. The Morgan fingerprint density at radius 3 is 2.77 bits per heavy atom. The fraction of sp³-hybridized carbons (Fsp3) is 0.333. The standard InChI is InChI=1S/C24H25NO5/c1-3-28-14-20-19-9-4-5-10-21(19)30-22(20)24(27)29-15(2)23(26)25-18-12-11-16-7-6-8-17(16)13-18/h4-5,9-13,15H,3,6-8,14H2,1-2H3,(H,25,26)/t15-/m1/s1. The number of carbonyl (C=O) groups is 2. The molecule has 30 heavy (non-hydrogen) atoms. The Balaban J connectivity index is 1.47. The first kappa shape index (κ1) is 20.2. The van der Waals surface area contributed by atoms with Gasteiger partial charge in [0.05, 0.1) is 6.61 Å². The first-order valence-corrected chi connectivity index (χ1v) is 10.3. The minimum absolute atomic E-state index is 0.0711. The number of para-hydroxylation sites is 1. The number of ether oxygens (including phenoxy) is 2. The molecule has 1 amide bonds. The zero-order valence-electron chi connectivity index (χ0n) is 17.2. The summed E-state index contributed by atoms with van der Waals surface area (Å²) in [5.41, 5.74) is 4.52. The van der Waals surface area contributed by atoms with Crippen molar-refractivity contribution in [3.8, 4) is 0 Å². The van der Waals surface area contributed by atoms with E-state index < -0.39 is 12.1 Å². The number of fused-ring (bicyclic) bond motifs is 2. The third kappa shape index (κ3) is 4.09. The molecule has 0 unspecified atom stereocenters. The van der Waals surface area contributed by atoms with Crippen molar-refractivity contribution in [3.63, 3.8) is 0 Å². The van der Waals surface area contributed by atoms with Crippen LogP contribution in [0.4, 0.5) is 5.69 Å². The Bertz CT molecular complexity index is 1080. The SMILES string of the molecule is CCOCc1c(C(=O)O[C@H](C)C(=O)Nc2ccc3c(c2)CCC3)oc2ccccc12. The van der Waals surface area contributed by atoms with E-state index in [9.17, 15) is 9.59 Å². The Kier molecular flexibility index (Phi) is 5.86. The van der Waals surface area contributed by atoms with Gasteiger partial charge in [0.25, 0.3) is 5.91 Å². The van der Waals surface area contributed by atoms with Gasteiger partial charge in [-0.15, -0.1) is 0 Å². The summed E-state index contributed by atoms with van der Waals surface area (Å²) in [4.78, 5) is 25.3. The number of esters is 1. The number of anilines is 1. The molecule has 0 saturated carbocycles. The van der Waals surface area contributed by atoms with Crippen LogP contribution in [-0.4, -0.2) is 24.6 Å². The predicted molar refractivity (Wildman–Crippen MR) is 114 cm³/mol. The third-order valence-corrected chi connectivity index (χ3v) is 5.35. The molecule has 1 N–H and O–H groups in total. The van der Waals surface area contributed by atoms with Crippen LogP contribution in [0.25, 0.3) is 11.0 Å². The zero-order valence-corrected chi connectivity index (χ0v) is 17.2. The van der Waals surface area contributed by atoms with E-state index in [1.54, 1.807) is 13.0 Å². The van der Waals surface area contributed by atoms with Gasteiger partial charge >= 0.3 is 5.97 Å². The lowest BCUT2D eigenvalue weighted by molar-refractivity contribution is -0.123. The molecule has 3 aromatic rings. The first-order chi connectivity index (χ1) is 14.6. The monoisotopic (exact) mass is 407 g/mol. The van der Waals surface area contributed by atoms with Crippen LogP contribution in [0.5, 0.6) is 0 Å². The molecule has 4 rings (SSSR count). The van der Waals surface area contributed by atoms with Gasteiger partial charge in [0.1, 0.15) is 5.58 Å². The van der Waals surface area contributed by atoms with Crippen molar-refractivity contribution in [2.75, 3.05) is 11.9 Å². The topological polar surface area (TPSA) is 77.8 Å². The van der Waals surface area contributed by atoms with Gasteiger partial charge < -0.3 is 19.2 Å². The van der Waals surface area contributed by atoms with Gasteiger partial charge in [-0.05, 0) is 62.4 Å². The lowest BCUT2D eigenvalue weighted by Crippen LogP contribution is -2.30. The molecule has 1 aliphatic rings. The van der Waals surface area contributed by atoms with E-state index in [0.29, 0.717) is 23.4 Å². The minimum atomic E-state index is -0.973. The summed E-state index contributed by atoms with van der Waals surface area (Å²) in [6.45, 7) is 4.17. The highest BCUT2D eigenvalue weighted by Gasteiger charge is 2.26. The quantitative estimate of drug-likeness (QED) is 0.577. The van der Waals surface area contributed by atoms with Crippen LogP contribution in [0.15, 0.2) is 46.9 Å². The highest BCUT2D eigenvalue weighted by molar-refractivity contribution is 5.99. The molecular formula is C24H25NO5. The normalized spacial score (nSPS) is 13.8. The van der Waals surface area contributed by atoms with E-state index in [1.165, 1.54) is 11.1 Å². The Morgan fingerprint density at radius 2 is 1.93 bits per heavy atom. The molecule has 6 nitrogen and oxygen atoms in total. The van der Waals surface area contributed by atoms with E-state index in [1.807, 2.05) is 43.3 Å². The van der Waals surface area contributed by atoms with Crippen LogP contribution in [0.3, 0.4) is 0 Å². The van der Waals surface area contributed by atoms with Crippen molar-refractivity contribution >= 4 is 28.5 Å². The fourth-order valence-electron chi connectivity index (χ4n) is 3.77. The van der Waals surface area contributed by atoms with E-state index in [0.717, 1.165) is 24.6 Å². The molecule has 1 aliphatic carbocycles. The number of rotatable bonds is 7.